The van der Waals surface area contributed by atoms with Crippen LogP contribution >= 0.6 is 0 Å². The minimum atomic E-state index is -1.41. The van der Waals surface area contributed by atoms with E-state index in [-0.39, 0.29) is 29.8 Å². The van der Waals surface area contributed by atoms with Gasteiger partial charge in [0.25, 0.3) is 5.91 Å². The van der Waals surface area contributed by atoms with E-state index in [0.29, 0.717) is 11.5 Å². The van der Waals surface area contributed by atoms with Gasteiger partial charge < -0.3 is 10.1 Å². The highest BCUT2D eigenvalue weighted by Gasteiger charge is 2.46. The van der Waals surface area contributed by atoms with Crippen LogP contribution in [0.15, 0.2) is 104 Å². The third-order valence-electron chi connectivity index (χ3n) is 8.17. The van der Waals surface area contributed by atoms with E-state index in [4.69, 9.17) is 4.74 Å². The molecule has 1 saturated carbocycles. The molecule has 0 spiro atoms. The number of nitrogens with one attached hydrogen (secondary N) is 1. The highest BCUT2D eigenvalue weighted by atomic mass is 16.5. The van der Waals surface area contributed by atoms with E-state index >= 15 is 0 Å². The van der Waals surface area contributed by atoms with Gasteiger partial charge in [-0.05, 0) is 47.4 Å². The van der Waals surface area contributed by atoms with Gasteiger partial charge in [-0.1, -0.05) is 112 Å². The molecule has 0 saturated heterocycles. The maximum absolute atomic E-state index is 14.1. The first-order valence-electron chi connectivity index (χ1n) is 13.6. The van der Waals surface area contributed by atoms with E-state index in [1.54, 1.807) is 24.3 Å². The van der Waals surface area contributed by atoms with Crippen molar-refractivity contribution in [2.75, 3.05) is 0 Å². The summed E-state index contributed by atoms with van der Waals surface area (Å²) in [6.45, 7) is 10.7. The first-order chi connectivity index (χ1) is 18.2. The molecule has 4 rings (SSSR count). The van der Waals surface area contributed by atoms with Crippen LogP contribution in [0.3, 0.4) is 0 Å². The van der Waals surface area contributed by atoms with Crippen molar-refractivity contribution in [1.29, 1.82) is 0 Å². The second-order valence-electron chi connectivity index (χ2n) is 11.2. The lowest BCUT2D eigenvalue weighted by molar-refractivity contribution is -0.162. The van der Waals surface area contributed by atoms with Crippen LogP contribution in [0.1, 0.15) is 61.5 Å². The molecule has 1 aliphatic rings. The molecule has 1 amide bonds. The van der Waals surface area contributed by atoms with E-state index in [0.717, 1.165) is 24.8 Å². The number of carbonyl (C=O) groups is 2. The summed E-state index contributed by atoms with van der Waals surface area (Å²) >= 11 is 0. The minimum Gasteiger partial charge on any atom is -0.460 e. The Bertz CT molecular complexity index is 1220. The number of hydrogen-bond acceptors (Lipinski definition) is 3. The average molecular weight is 510 g/mol. The predicted octanol–water partition coefficient (Wildman–Crippen LogP) is 6.91. The molecule has 0 heterocycles. The van der Waals surface area contributed by atoms with Crippen LogP contribution < -0.4 is 5.32 Å². The van der Waals surface area contributed by atoms with Gasteiger partial charge >= 0.3 is 5.97 Å². The van der Waals surface area contributed by atoms with Gasteiger partial charge in [0, 0.05) is 17.9 Å². The molecule has 4 heteroatoms. The normalized spacial score (nSPS) is 21.1. The molecule has 1 fully saturated rings. The molecule has 0 unspecified atom stereocenters. The molecule has 1 N–H and O–H groups in total. The van der Waals surface area contributed by atoms with Crippen molar-refractivity contribution < 1.29 is 14.3 Å². The fourth-order valence-corrected chi connectivity index (χ4v) is 5.76. The molecule has 3 aromatic rings. The van der Waals surface area contributed by atoms with Gasteiger partial charge in [0.2, 0.25) is 0 Å². The molecule has 4 atom stereocenters. The Morgan fingerprint density at radius 1 is 0.921 bits per heavy atom. The molecule has 198 valence electrons. The summed E-state index contributed by atoms with van der Waals surface area (Å²) in [5.74, 6) is -0.207. The summed E-state index contributed by atoms with van der Waals surface area (Å²) in [6, 6.07) is 29.1. The molecule has 4 nitrogen and oxygen atoms in total. The Hall–Kier alpha value is -3.66. The Kier molecular flexibility index (Phi) is 8.51. The van der Waals surface area contributed by atoms with E-state index in [1.165, 1.54) is 11.6 Å². The molecule has 1 aliphatic carbocycles. The first kappa shape index (κ1) is 27.4. The van der Waals surface area contributed by atoms with Crippen LogP contribution in [0.25, 0.3) is 0 Å². The second-order valence-corrected chi connectivity index (χ2v) is 11.2. The molecule has 3 aromatic carbocycles. The number of carbonyl (C=O) groups excluding carboxylic acids is 2. The summed E-state index contributed by atoms with van der Waals surface area (Å²) in [5, 5.41) is 3.00. The van der Waals surface area contributed by atoms with E-state index in [9.17, 15) is 9.59 Å². The van der Waals surface area contributed by atoms with Crippen molar-refractivity contribution in [3.05, 3.63) is 120 Å². The van der Waals surface area contributed by atoms with E-state index < -0.39 is 11.5 Å². The van der Waals surface area contributed by atoms with Crippen molar-refractivity contribution in [2.45, 2.75) is 63.5 Å². The second kappa shape index (κ2) is 11.8. The Labute approximate surface area is 227 Å². The zero-order chi connectivity index (χ0) is 27.2. The molecule has 0 aromatic heterocycles. The van der Waals surface area contributed by atoms with Crippen molar-refractivity contribution in [3.63, 3.8) is 0 Å². The summed E-state index contributed by atoms with van der Waals surface area (Å²) in [4.78, 5) is 27.4. The SMILES string of the molecule is C=C[C@@](Cc1ccccc1)(NC(=O)c1ccccc1)C(=O)O[C@@H]1C[C@H](C)CC[C@H]1C(C)(C)c1ccccc1. The summed E-state index contributed by atoms with van der Waals surface area (Å²) in [7, 11) is 0. The fraction of sp³-hybridized carbons (Fsp3) is 0.353. The number of benzene rings is 3. The summed E-state index contributed by atoms with van der Waals surface area (Å²) < 4.78 is 6.42. The number of amides is 1. The number of esters is 1. The number of hydrogen-bond donors (Lipinski definition) is 1. The summed E-state index contributed by atoms with van der Waals surface area (Å²) in [5.41, 5.74) is 1.04. The van der Waals surface area contributed by atoms with Crippen LogP contribution in [0.4, 0.5) is 0 Å². The van der Waals surface area contributed by atoms with Gasteiger partial charge in [-0.2, -0.15) is 0 Å². The monoisotopic (exact) mass is 509 g/mol. The lowest BCUT2D eigenvalue weighted by Gasteiger charge is -2.45. The van der Waals surface area contributed by atoms with Gasteiger partial charge in [0.15, 0.2) is 5.54 Å². The fourth-order valence-electron chi connectivity index (χ4n) is 5.76. The molecule has 0 bridgehead atoms. The lowest BCUT2D eigenvalue weighted by atomic mass is 9.64. The number of ether oxygens (including phenoxy) is 1. The van der Waals surface area contributed by atoms with Crippen LogP contribution in [0.2, 0.25) is 0 Å². The minimum absolute atomic E-state index is 0.147. The standard InChI is InChI=1S/C34H39NO3/c1-5-34(24-26-15-9-6-10-16-26,35-31(36)27-17-11-7-12-18-27)32(37)38-30-23-25(2)21-22-29(30)33(3,4)28-19-13-8-14-20-28/h5-20,25,29-30H,1,21-24H2,2-4H3,(H,35,36)/t25-,29-,30-,34+/m1/s1. The van der Waals surface area contributed by atoms with Crippen molar-refractivity contribution in [1.82, 2.24) is 5.32 Å². The van der Waals surface area contributed by atoms with Gasteiger partial charge in [0.05, 0.1) is 0 Å². The zero-order valence-electron chi connectivity index (χ0n) is 22.7. The molecule has 0 radical (unpaired) electrons. The quantitative estimate of drug-likeness (QED) is 0.252. The molecule has 38 heavy (non-hydrogen) atoms. The largest absolute Gasteiger partial charge is 0.460 e. The van der Waals surface area contributed by atoms with Crippen LogP contribution in [0.5, 0.6) is 0 Å². The Morgan fingerprint density at radius 2 is 1.50 bits per heavy atom. The highest BCUT2D eigenvalue weighted by Crippen LogP contribution is 2.44. The van der Waals surface area contributed by atoms with E-state index in [2.05, 4.69) is 56.9 Å². The van der Waals surface area contributed by atoms with Gasteiger partial charge in [-0.15, -0.1) is 6.58 Å². The number of rotatable bonds is 9. The molecular weight excluding hydrogens is 470 g/mol. The zero-order valence-corrected chi connectivity index (χ0v) is 22.7. The van der Waals surface area contributed by atoms with Crippen LogP contribution in [-0.2, 0) is 21.4 Å². The average Bonchev–Trinajstić information content (AvgIpc) is 2.94. The van der Waals surface area contributed by atoms with Crippen LogP contribution in [-0.4, -0.2) is 23.5 Å². The highest BCUT2D eigenvalue weighted by molar-refractivity contribution is 5.99. The smallest absolute Gasteiger partial charge is 0.336 e. The third kappa shape index (κ3) is 6.07. The van der Waals surface area contributed by atoms with Gasteiger partial charge in [-0.25, -0.2) is 4.79 Å². The van der Waals surface area contributed by atoms with E-state index in [1.807, 2.05) is 42.5 Å². The first-order valence-corrected chi connectivity index (χ1v) is 13.6. The Balaban J connectivity index is 1.66. The van der Waals surface area contributed by atoms with Crippen molar-refractivity contribution >= 4 is 11.9 Å². The molecule has 0 aliphatic heterocycles. The molecular formula is C34H39NO3. The topological polar surface area (TPSA) is 55.4 Å². The summed E-state index contributed by atoms with van der Waals surface area (Å²) in [6.07, 6.45) is 4.37. The Morgan fingerprint density at radius 3 is 2.11 bits per heavy atom. The van der Waals surface area contributed by atoms with Gasteiger partial charge in [0.1, 0.15) is 6.10 Å². The lowest BCUT2D eigenvalue weighted by Crippen LogP contribution is -2.57. The van der Waals surface area contributed by atoms with Crippen molar-refractivity contribution in [3.8, 4) is 0 Å². The predicted molar refractivity (Wildman–Crippen MR) is 153 cm³/mol. The van der Waals surface area contributed by atoms with Crippen molar-refractivity contribution in [2.24, 2.45) is 11.8 Å². The maximum atomic E-state index is 14.1. The van der Waals surface area contributed by atoms with Gasteiger partial charge in [-0.3, -0.25) is 4.79 Å². The maximum Gasteiger partial charge on any atom is 0.336 e. The van der Waals surface area contributed by atoms with Crippen LogP contribution in [0, 0.1) is 11.8 Å². The third-order valence-corrected chi connectivity index (χ3v) is 8.17.